The highest BCUT2D eigenvalue weighted by molar-refractivity contribution is 7.89. The third-order valence-corrected chi connectivity index (χ3v) is 5.58. The fourth-order valence-electron chi connectivity index (χ4n) is 2.78. The molecule has 1 saturated heterocycles. The summed E-state index contributed by atoms with van der Waals surface area (Å²) in [5.74, 6) is -0.893. The van der Waals surface area contributed by atoms with Gasteiger partial charge in [-0.25, -0.2) is 17.5 Å². The first-order chi connectivity index (χ1) is 12.6. The molecular weight excluding hydrogens is 390 g/mol. The average molecular weight is 411 g/mol. The number of sulfonamides is 1. The second-order valence-electron chi connectivity index (χ2n) is 6.23. The van der Waals surface area contributed by atoms with Crippen molar-refractivity contribution >= 4 is 15.9 Å². The molecule has 2 rings (SSSR count). The molecule has 6 nitrogen and oxygen atoms in total. The van der Waals surface area contributed by atoms with Crippen LogP contribution in [0.25, 0.3) is 0 Å². The topological polar surface area (TPSA) is 69.7 Å². The standard InChI is InChI=1S/C16H21F4N3O3S/c17-13-2-4-14(5-3-13)27(25,26)21-7-6-15(24)23-9-1-8-22(10-11-23)12-16(18,19)20/h2-5,21H,1,6-12H2. The van der Waals surface area contributed by atoms with Crippen LogP contribution in [0.15, 0.2) is 29.2 Å². The lowest BCUT2D eigenvalue weighted by molar-refractivity contribution is -0.145. The molecule has 0 unspecified atom stereocenters. The van der Waals surface area contributed by atoms with Crippen LogP contribution in [0.1, 0.15) is 12.8 Å². The van der Waals surface area contributed by atoms with Crippen molar-refractivity contribution in [2.24, 2.45) is 0 Å². The molecule has 0 radical (unpaired) electrons. The number of benzene rings is 1. The number of hydrogen-bond acceptors (Lipinski definition) is 4. The maximum Gasteiger partial charge on any atom is 0.401 e. The summed E-state index contributed by atoms with van der Waals surface area (Å²) >= 11 is 0. The van der Waals surface area contributed by atoms with Gasteiger partial charge in [0.1, 0.15) is 5.82 Å². The van der Waals surface area contributed by atoms with Gasteiger partial charge in [0, 0.05) is 39.1 Å². The minimum atomic E-state index is -4.28. The monoisotopic (exact) mass is 411 g/mol. The summed E-state index contributed by atoms with van der Waals surface area (Å²) in [7, 11) is -3.86. The van der Waals surface area contributed by atoms with Crippen LogP contribution in [0, 0.1) is 5.82 Å². The summed E-state index contributed by atoms with van der Waals surface area (Å²) in [6.07, 6.45) is -3.97. The summed E-state index contributed by atoms with van der Waals surface area (Å²) in [5.41, 5.74) is 0. The molecule has 0 spiro atoms. The van der Waals surface area contributed by atoms with Crippen LogP contribution in [0.5, 0.6) is 0 Å². The van der Waals surface area contributed by atoms with Crippen LogP contribution >= 0.6 is 0 Å². The molecule has 1 fully saturated rings. The van der Waals surface area contributed by atoms with E-state index in [1.807, 2.05) is 0 Å². The SMILES string of the molecule is O=C(CCNS(=O)(=O)c1ccc(F)cc1)N1CCCN(CC(F)(F)F)CC1. The molecule has 0 bridgehead atoms. The van der Waals surface area contributed by atoms with Crippen molar-refractivity contribution in [2.45, 2.75) is 23.9 Å². The maximum absolute atomic E-state index is 12.9. The molecular formula is C16H21F4N3O3S. The van der Waals surface area contributed by atoms with E-state index in [0.717, 1.165) is 24.3 Å². The molecule has 1 aromatic rings. The van der Waals surface area contributed by atoms with Crippen LogP contribution in [-0.4, -0.2) is 69.6 Å². The third kappa shape index (κ3) is 7.07. The summed E-state index contributed by atoms with van der Waals surface area (Å²) < 4.78 is 76.6. The average Bonchev–Trinajstić information content (AvgIpc) is 2.79. The van der Waals surface area contributed by atoms with Gasteiger partial charge in [0.05, 0.1) is 11.4 Å². The van der Waals surface area contributed by atoms with E-state index in [2.05, 4.69) is 4.72 Å². The predicted octanol–water partition coefficient (Wildman–Crippen LogP) is 1.59. The Bertz CT molecular complexity index is 738. The first-order valence-corrected chi connectivity index (χ1v) is 9.87. The molecule has 0 aliphatic carbocycles. The quantitative estimate of drug-likeness (QED) is 0.722. The molecule has 11 heteroatoms. The van der Waals surface area contributed by atoms with E-state index in [1.54, 1.807) is 0 Å². The second kappa shape index (κ2) is 8.98. The number of hydrogen-bond donors (Lipinski definition) is 1. The van der Waals surface area contributed by atoms with Crippen molar-refractivity contribution in [3.05, 3.63) is 30.1 Å². The van der Waals surface area contributed by atoms with Gasteiger partial charge in [-0.05, 0) is 30.7 Å². The zero-order valence-electron chi connectivity index (χ0n) is 14.5. The molecule has 1 heterocycles. The molecule has 0 atom stereocenters. The number of nitrogens with one attached hydrogen (secondary N) is 1. The number of nitrogens with zero attached hydrogens (tertiary/aromatic N) is 2. The van der Waals surface area contributed by atoms with E-state index < -0.39 is 28.6 Å². The fraction of sp³-hybridized carbons (Fsp3) is 0.562. The third-order valence-electron chi connectivity index (χ3n) is 4.10. The number of halogens is 4. The zero-order chi connectivity index (χ0) is 20.1. The minimum absolute atomic E-state index is 0.111. The molecule has 0 aromatic heterocycles. The normalized spacial score (nSPS) is 17.0. The number of alkyl halides is 3. The van der Waals surface area contributed by atoms with Gasteiger partial charge in [0.2, 0.25) is 15.9 Å². The van der Waals surface area contributed by atoms with Crippen LogP contribution in [-0.2, 0) is 14.8 Å². The van der Waals surface area contributed by atoms with Gasteiger partial charge in [-0.1, -0.05) is 0 Å². The van der Waals surface area contributed by atoms with E-state index >= 15 is 0 Å². The van der Waals surface area contributed by atoms with Crippen molar-refractivity contribution in [1.82, 2.24) is 14.5 Å². The van der Waals surface area contributed by atoms with Crippen LogP contribution in [0.2, 0.25) is 0 Å². The number of carbonyl (C=O) groups excluding carboxylic acids is 1. The Labute approximate surface area is 155 Å². The van der Waals surface area contributed by atoms with E-state index in [4.69, 9.17) is 0 Å². The lowest BCUT2D eigenvalue weighted by atomic mass is 10.3. The summed E-state index contributed by atoms with van der Waals surface area (Å²) in [6, 6.07) is 4.26. The molecule has 1 aliphatic heterocycles. The lowest BCUT2D eigenvalue weighted by Gasteiger charge is -2.22. The molecule has 1 aromatic carbocycles. The minimum Gasteiger partial charge on any atom is -0.341 e. The van der Waals surface area contributed by atoms with Gasteiger partial charge in [0.15, 0.2) is 0 Å². The number of carbonyl (C=O) groups is 1. The van der Waals surface area contributed by atoms with Crippen molar-refractivity contribution in [3.63, 3.8) is 0 Å². The van der Waals surface area contributed by atoms with Gasteiger partial charge >= 0.3 is 6.18 Å². The zero-order valence-corrected chi connectivity index (χ0v) is 15.3. The van der Waals surface area contributed by atoms with E-state index in [-0.39, 0.29) is 43.4 Å². The summed E-state index contributed by atoms with van der Waals surface area (Å²) in [6.45, 7) is -0.293. The van der Waals surface area contributed by atoms with E-state index in [0.29, 0.717) is 13.0 Å². The molecule has 27 heavy (non-hydrogen) atoms. The predicted molar refractivity (Wildman–Crippen MR) is 89.9 cm³/mol. The van der Waals surface area contributed by atoms with Crippen LogP contribution in [0.4, 0.5) is 17.6 Å². The van der Waals surface area contributed by atoms with Crippen molar-refractivity contribution < 1.29 is 30.8 Å². The van der Waals surface area contributed by atoms with E-state index in [1.165, 1.54) is 9.80 Å². The van der Waals surface area contributed by atoms with Crippen molar-refractivity contribution in [2.75, 3.05) is 39.3 Å². The molecule has 1 amide bonds. The largest absolute Gasteiger partial charge is 0.401 e. The fourth-order valence-corrected chi connectivity index (χ4v) is 3.81. The number of rotatable bonds is 6. The molecule has 1 aliphatic rings. The van der Waals surface area contributed by atoms with Gasteiger partial charge in [-0.2, -0.15) is 13.2 Å². The van der Waals surface area contributed by atoms with Gasteiger partial charge in [-0.3, -0.25) is 9.69 Å². The van der Waals surface area contributed by atoms with Crippen LogP contribution in [0.3, 0.4) is 0 Å². The molecule has 152 valence electrons. The second-order valence-corrected chi connectivity index (χ2v) is 7.99. The van der Waals surface area contributed by atoms with Crippen molar-refractivity contribution in [3.8, 4) is 0 Å². The van der Waals surface area contributed by atoms with Gasteiger partial charge in [-0.15, -0.1) is 0 Å². The lowest BCUT2D eigenvalue weighted by Crippen LogP contribution is -2.39. The number of amides is 1. The van der Waals surface area contributed by atoms with Crippen LogP contribution < -0.4 is 4.72 Å². The van der Waals surface area contributed by atoms with Crippen molar-refractivity contribution in [1.29, 1.82) is 0 Å². The van der Waals surface area contributed by atoms with Gasteiger partial charge < -0.3 is 4.90 Å². The highest BCUT2D eigenvalue weighted by Gasteiger charge is 2.31. The smallest absolute Gasteiger partial charge is 0.341 e. The summed E-state index contributed by atoms with van der Waals surface area (Å²) in [5, 5.41) is 0. The van der Waals surface area contributed by atoms with E-state index in [9.17, 15) is 30.8 Å². The first-order valence-electron chi connectivity index (χ1n) is 8.39. The Morgan fingerprint density at radius 3 is 2.37 bits per heavy atom. The Morgan fingerprint density at radius 2 is 1.74 bits per heavy atom. The summed E-state index contributed by atoms with van der Waals surface area (Å²) in [4.78, 5) is 14.8. The molecule has 1 N–H and O–H groups in total. The maximum atomic E-state index is 12.9. The Hall–Kier alpha value is -1.72. The first kappa shape index (κ1) is 21.6. The Kier molecular flexibility index (Phi) is 7.18. The Balaban J connectivity index is 1.81. The Morgan fingerprint density at radius 1 is 1.07 bits per heavy atom. The highest BCUT2D eigenvalue weighted by atomic mass is 32.2. The van der Waals surface area contributed by atoms with Gasteiger partial charge in [0.25, 0.3) is 0 Å². The molecule has 0 saturated carbocycles. The highest BCUT2D eigenvalue weighted by Crippen LogP contribution is 2.17.